The zero-order chi connectivity index (χ0) is 11.3. The van der Waals surface area contributed by atoms with E-state index in [1.54, 1.807) is 6.92 Å². The zero-order valence-electron chi connectivity index (χ0n) is 8.38. The summed E-state index contributed by atoms with van der Waals surface area (Å²) in [7, 11) is 0. The molecular formula is C9H12N4O2. The number of hydrogen-bond donors (Lipinski definition) is 1. The van der Waals surface area contributed by atoms with Crippen molar-refractivity contribution in [3.05, 3.63) is 12.4 Å². The van der Waals surface area contributed by atoms with Crippen LogP contribution in [0, 0.1) is 11.3 Å². The van der Waals surface area contributed by atoms with Gasteiger partial charge in [0, 0.05) is 6.20 Å². The Bertz CT molecular complexity index is 380. The monoisotopic (exact) mass is 208 g/mol. The Kier molecular flexibility index (Phi) is 3.68. The first-order valence-electron chi connectivity index (χ1n) is 4.52. The number of rotatable bonds is 4. The van der Waals surface area contributed by atoms with Gasteiger partial charge in [-0.25, -0.2) is 0 Å². The van der Waals surface area contributed by atoms with Crippen LogP contribution in [-0.4, -0.2) is 21.9 Å². The minimum absolute atomic E-state index is 0.0324. The summed E-state index contributed by atoms with van der Waals surface area (Å²) in [6.07, 6.45) is 2.75. The minimum atomic E-state index is -0.689. The lowest BCUT2D eigenvalue weighted by molar-refractivity contribution is -0.147. The van der Waals surface area contributed by atoms with Gasteiger partial charge in [0.05, 0.1) is 11.9 Å². The third-order valence-corrected chi connectivity index (χ3v) is 1.73. The highest BCUT2D eigenvalue weighted by Crippen LogP contribution is 2.01. The lowest BCUT2D eigenvalue weighted by Gasteiger charge is -2.07. The molecule has 1 unspecified atom stereocenters. The zero-order valence-corrected chi connectivity index (χ0v) is 8.38. The van der Waals surface area contributed by atoms with Gasteiger partial charge < -0.3 is 10.5 Å². The molecule has 0 aromatic carbocycles. The van der Waals surface area contributed by atoms with E-state index < -0.39 is 12.1 Å². The van der Waals surface area contributed by atoms with Crippen LogP contribution in [0.3, 0.4) is 0 Å². The van der Waals surface area contributed by atoms with Crippen molar-refractivity contribution < 1.29 is 9.53 Å². The molecule has 15 heavy (non-hydrogen) atoms. The Balaban J connectivity index is 2.46. The third-order valence-electron chi connectivity index (χ3n) is 1.73. The Labute approximate surface area is 87.2 Å². The van der Waals surface area contributed by atoms with Crippen LogP contribution >= 0.6 is 0 Å². The van der Waals surface area contributed by atoms with E-state index >= 15 is 0 Å². The molecule has 1 aromatic heterocycles. The van der Waals surface area contributed by atoms with Crippen molar-refractivity contribution in [1.29, 1.82) is 5.26 Å². The van der Waals surface area contributed by atoms with Gasteiger partial charge in [-0.15, -0.1) is 0 Å². The first-order valence-corrected chi connectivity index (χ1v) is 4.52. The maximum Gasteiger partial charge on any atom is 0.329 e. The van der Waals surface area contributed by atoms with E-state index in [-0.39, 0.29) is 6.54 Å². The average Bonchev–Trinajstić information content (AvgIpc) is 2.60. The average molecular weight is 208 g/mol. The molecule has 1 rings (SSSR count). The molecular weight excluding hydrogens is 196 g/mol. The number of carbonyl (C=O) groups excluding carboxylic acids is 1. The van der Waals surface area contributed by atoms with Crippen LogP contribution in [0.4, 0.5) is 5.69 Å². The maximum absolute atomic E-state index is 11.3. The second-order valence-electron chi connectivity index (χ2n) is 2.99. The molecule has 0 bridgehead atoms. The Morgan fingerprint density at radius 3 is 3.07 bits per heavy atom. The van der Waals surface area contributed by atoms with Crippen LogP contribution in [-0.2, 0) is 16.1 Å². The van der Waals surface area contributed by atoms with E-state index in [9.17, 15) is 4.79 Å². The van der Waals surface area contributed by atoms with Gasteiger partial charge >= 0.3 is 5.97 Å². The molecule has 0 aliphatic rings. The second-order valence-corrected chi connectivity index (χ2v) is 2.99. The number of nitrogen functional groups attached to an aromatic ring is 1. The number of nitrogens with zero attached hydrogens (tertiary/aromatic N) is 3. The molecule has 0 aliphatic heterocycles. The SMILES string of the molecule is CCC(C#N)OC(=O)Cn1cc(N)cn1. The Hall–Kier alpha value is -2.03. The molecule has 0 aliphatic carbocycles. The van der Waals surface area contributed by atoms with Crippen LogP contribution in [0.2, 0.25) is 0 Å². The van der Waals surface area contributed by atoms with Gasteiger partial charge in [0.15, 0.2) is 6.10 Å². The molecule has 2 N–H and O–H groups in total. The number of carbonyl (C=O) groups is 1. The van der Waals surface area contributed by atoms with Crippen molar-refractivity contribution in [2.45, 2.75) is 26.0 Å². The maximum atomic E-state index is 11.3. The predicted octanol–water partition coefficient (Wildman–Crippen LogP) is 0.311. The van der Waals surface area contributed by atoms with Crippen LogP contribution < -0.4 is 5.73 Å². The van der Waals surface area contributed by atoms with Gasteiger partial charge in [0.25, 0.3) is 0 Å². The summed E-state index contributed by atoms with van der Waals surface area (Å²) >= 11 is 0. The summed E-state index contributed by atoms with van der Waals surface area (Å²) in [6, 6.07) is 1.88. The second kappa shape index (κ2) is 5.00. The number of nitrogens with two attached hydrogens (primary N) is 1. The summed E-state index contributed by atoms with van der Waals surface area (Å²) in [4.78, 5) is 11.3. The summed E-state index contributed by atoms with van der Waals surface area (Å²) in [6.45, 7) is 1.74. The van der Waals surface area contributed by atoms with E-state index in [0.717, 1.165) is 0 Å². The highest BCUT2D eigenvalue weighted by atomic mass is 16.5. The third kappa shape index (κ3) is 3.31. The van der Waals surface area contributed by atoms with Crippen molar-refractivity contribution >= 4 is 11.7 Å². The predicted molar refractivity (Wildman–Crippen MR) is 52.4 cm³/mol. The largest absolute Gasteiger partial charge is 0.446 e. The molecule has 6 nitrogen and oxygen atoms in total. The molecule has 0 amide bonds. The highest BCUT2D eigenvalue weighted by Gasteiger charge is 2.11. The van der Waals surface area contributed by atoms with Crippen molar-refractivity contribution in [3.63, 3.8) is 0 Å². The Morgan fingerprint density at radius 1 is 1.87 bits per heavy atom. The molecule has 1 atom stereocenters. The van der Waals surface area contributed by atoms with Crippen LogP contribution in [0.25, 0.3) is 0 Å². The quantitative estimate of drug-likeness (QED) is 0.718. The van der Waals surface area contributed by atoms with Crippen LogP contribution in [0.1, 0.15) is 13.3 Å². The first kappa shape index (κ1) is 11.0. The molecule has 80 valence electrons. The molecule has 0 saturated heterocycles. The number of aromatic nitrogens is 2. The van der Waals surface area contributed by atoms with E-state index in [4.69, 9.17) is 15.7 Å². The number of esters is 1. The number of hydrogen-bond acceptors (Lipinski definition) is 5. The van der Waals surface area contributed by atoms with E-state index in [1.165, 1.54) is 17.1 Å². The topological polar surface area (TPSA) is 93.9 Å². The molecule has 0 radical (unpaired) electrons. The number of nitriles is 1. The standard InChI is InChI=1S/C9H12N4O2/c1-2-8(3-10)15-9(14)6-13-5-7(11)4-12-13/h4-5,8H,2,6,11H2,1H3. The van der Waals surface area contributed by atoms with Gasteiger partial charge in [-0.3, -0.25) is 9.48 Å². The van der Waals surface area contributed by atoms with Crippen molar-refractivity contribution in [1.82, 2.24) is 9.78 Å². The molecule has 0 spiro atoms. The fraction of sp³-hybridized carbons (Fsp3) is 0.444. The fourth-order valence-corrected chi connectivity index (χ4v) is 0.995. The summed E-state index contributed by atoms with van der Waals surface area (Å²) < 4.78 is 6.22. The van der Waals surface area contributed by atoms with E-state index in [0.29, 0.717) is 12.1 Å². The molecule has 1 aromatic rings. The van der Waals surface area contributed by atoms with Gasteiger partial charge in [-0.1, -0.05) is 6.92 Å². The van der Waals surface area contributed by atoms with Crippen LogP contribution in [0.5, 0.6) is 0 Å². The Morgan fingerprint density at radius 2 is 2.60 bits per heavy atom. The number of ether oxygens (including phenoxy) is 1. The smallest absolute Gasteiger partial charge is 0.329 e. The molecule has 6 heteroatoms. The van der Waals surface area contributed by atoms with E-state index in [2.05, 4.69) is 5.10 Å². The molecule has 0 fully saturated rings. The van der Waals surface area contributed by atoms with Gasteiger partial charge in [-0.2, -0.15) is 10.4 Å². The normalized spacial score (nSPS) is 11.7. The van der Waals surface area contributed by atoms with Crippen LogP contribution in [0.15, 0.2) is 12.4 Å². The van der Waals surface area contributed by atoms with Crippen molar-refractivity contribution in [2.75, 3.05) is 5.73 Å². The fourth-order valence-electron chi connectivity index (χ4n) is 0.995. The summed E-state index contributed by atoms with van der Waals surface area (Å²) in [5, 5.41) is 12.4. The van der Waals surface area contributed by atoms with E-state index in [1.807, 2.05) is 6.07 Å². The first-order chi connectivity index (χ1) is 7.15. The summed E-state index contributed by atoms with van der Waals surface area (Å²) in [5.41, 5.74) is 5.90. The minimum Gasteiger partial charge on any atom is -0.446 e. The molecule has 1 heterocycles. The van der Waals surface area contributed by atoms with Crippen molar-refractivity contribution in [2.24, 2.45) is 0 Å². The highest BCUT2D eigenvalue weighted by molar-refractivity contribution is 5.69. The molecule has 0 saturated carbocycles. The van der Waals surface area contributed by atoms with Gasteiger partial charge in [-0.05, 0) is 6.42 Å². The van der Waals surface area contributed by atoms with Gasteiger partial charge in [0.1, 0.15) is 12.6 Å². The number of anilines is 1. The lowest BCUT2D eigenvalue weighted by atomic mass is 10.3. The lowest BCUT2D eigenvalue weighted by Crippen LogP contribution is -2.20. The van der Waals surface area contributed by atoms with Gasteiger partial charge in [0.2, 0.25) is 0 Å². The summed E-state index contributed by atoms with van der Waals surface area (Å²) in [5.74, 6) is -0.494. The van der Waals surface area contributed by atoms with Crippen molar-refractivity contribution in [3.8, 4) is 6.07 Å².